The van der Waals surface area contributed by atoms with Crippen molar-refractivity contribution in [2.45, 2.75) is 0 Å². The number of amides is 1. The molecule has 4 rings (SSSR count). The van der Waals surface area contributed by atoms with Gasteiger partial charge < -0.3 is 15.1 Å². The summed E-state index contributed by atoms with van der Waals surface area (Å²) in [5, 5.41) is 2.61. The summed E-state index contributed by atoms with van der Waals surface area (Å²) in [4.78, 5) is 25.7. The van der Waals surface area contributed by atoms with Crippen molar-refractivity contribution < 1.29 is 9.18 Å². The molecule has 1 N–H and O–H groups in total. The number of piperazine rings is 1. The molecule has 142 valence electrons. The Bertz CT molecular complexity index is 958. The number of nitrogens with zero attached hydrogens (tertiary/aromatic N) is 4. The fraction of sp³-hybridized carbons (Fsp3) is 0.190. The van der Waals surface area contributed by atoms with Crippen LogP contribution in [0.1, 0.15) is 10.4 Å². The van der Waals surface area contributed by atoms with Gasteiger partial charge in [-0.05, 0) is 36.4 Å². The van der Waals surface area contributed by atoms with Crippen molar-refractivity contribution in [3.8, 4) is 0 Å². The summed E-state index contributed by atoms with van der Waals surface area (Å²) in [6.45, 7) is 3.21. The first-order chi connectivity index (χ1) is 13.7. The number of nitrogens with one attached hydrogen (secondary N) is 1. The van der Waals surface area contributed by atoms with Crippen LogP contribution in [0.25, 0.3) is 0 Å². The summed E-state index contributed by atoms with van der Waals surface area (Å²) in [5.41, 5.74) is 0.607. The number of hydrogen-bond acceptors (Lipinski definition) is 5. The lowest BCUT2D eigenvalue weighted by molar-refractivity contribution is 0.102. The molecule has 7 heteroatoms. The molecule has 0 spiro atoms. The third kappa shape index (κ3) is 3.93. The zero-order valence-electron chi connectivity index (χ0n) is 15.3. The minimum absolute atomic E-state index is 0.162. The van der Waals surface area contributed by atoms with Gasteiger partial charge in [0, 0.05) is 44.1 Å². The van der Waals surface area contributed by atoms with E-state index in [4.69, 9.17) is 0 Å². The Labute approximate surface area is 162 Å². The zero-order valence-corrected chi connectivity index (χ0v) is 15.3. The van der Waals surface area contributed by atoms with Crippen LogP contribution in [0.3, 0.4) is 0 Å². The number of hydrogen-bond donors (Lipinski definition) is 1. The lowest BCUT2D eigenvalue weighted by Crippen LogP contribution is -2.47. The maximum Gasteiger partial charge on any atom is 0.255 e. The van der Waals surface area contributed by atoms with Gasteiger partial charge in [-0.3, -0.25) is 4.79 Å². The van der Waals surface area contributed by atoms with E-state index in [1.807, 2.05) is 18.2 Å². The largest absolute Gasteiger partial charge is 0.353 e. The smallest absolute Gasteiger partial charge is 0.255 e. The molecule has 1 fully saturated rings. The van der Waals surface area contributed by atoms with Crippen LogP contribution in [-0.4, -0.2) is 42.1 Å². The summed E-state index contributed by atoms with van der Waals surface area (Å²) in [7, 11) is 0. The molecule has 0 radical (unpaired) electrons. The standard InChI is InChI=1S/C21H20FN5O/c22-17-5-1-2-6-18(17)25-21(28)16-8-10-24-20(15-16)27-13-11-26(12-14-27)19-7-3-4-9-23-19/h1-10,15H,11-14H2,(H,25,28). The molecule has 6 nitrogen and oxygen atoms in total. The van der Waals surface area contributed by atoms with E-state index < -0.39 is 5.82 Å². The Morgan fingerprint density at radius 3 is 2.25 bits per heavy atom. The Balaban J connectivity index is 1.43. The van der Waals surface area contributed by atoms with E-state index in [1.54, 1.807) is 36.7 Å². The van der Waals surface area contributed by atoms with Crippen LogP contribution in [0.15, 0.2) is 67.0 Å². The Kier molecular flexibility index (Phi) is 5.14. The number of halogens is 1. The fourth-order valence-corrected chi connectivity index (χ4v) is 3.20. The first-order valence-electron chi connectivity index (χ1n) is 9.13. The number of para-hydroxylation sites is 1. The van der Waals surface area contributed by atoms with E-state index in [0.717, 1.165) is 37.8 Å². The summed E-state index contributed by atoms with van der Waals surface area (Å²) in [6, 6.07) is 15.4. The lowest BCUT2D eigenvalue weighted by atomic mass is 10.2. The predicted molar refractivity (Wildman–Crippen MR) is 107 cm³/mol. The number of carbonyl (C=O) groups excluding carboxylic acids is 1. The van der Waals surface area contributed by atoms with Gasteiger partial charge in [0.1, 0.15) is 17.5 Å². The second kappa shape index (κ2) is 8.04. The van der Waals surface area contributed by atoms with Crippen LogP contribution >= 0.6 is 0 Å². The molecule has 1 aromatic carbocycles. The molecular formula is C21H20FN5O. The number of pyridine rings is 2. The van der Waals surface area contributed by atoms with Crippen molar-refractivity contribution in [1.29, 1.82) is 0 Å². The molecule has 28 heavy (non-hydrogen) atoms. The maximum absolute atomic E-state index is 13.8. The molecule has 1 amide bonds. The molecule has 1 saturated heterocycles. The number of aromatic nitrogens is 2. The van der Waals surface area contributed by atoms with Crippen LogP contribution in [0.5, 0.6) is 0 Å². The molecule has 3 heterocycles. The molecule has 0 saturated carbocycles. The monoisotopic (exact) mass is 377 g/mol. The molecule has 3 aromatic rings. The highest BCUT2D eigenvalue weighted by Crippen LogP contribution is 2.19. The summed E-state index contributed by atoms with van der Waals surface area (Å²) < 4.78 is 13.8. The molecule has 2 aromatic heterocycles. The molecule has 0 atom stereocenters. The van der Waals surface area contributed by atoms with Crippen molar-refractivity contribution in [2.24, 2.45) is 0 Å². The normalized spacial score (nSPS) is 14.0. The summed E-state index contributed by atoms with van der Waals surface area (Å²) in [6.07, 6.45) is 3.40. The zero-order chi connectivity index (χ0) is 19.3. The highest BCUT2D eigenvalue weighted by atomic mass is 19.1. The molecule has 0 bridgehead atoms. The van der Waals surface area contributed by atoms with Gasteiger partial charge in [-0.25, -0.2) is 14.4 Å². The van der Waals surface area contributed by atoms with Gasteiger partial charge in [0.05, 0.1) is 5.69 Å². The van der Waals surface area contributed by atoms with Crippen LogP contribution in [0, 0.1) is 5.82 Å². The average molecular weight is 377 g/mol. The third-order valence-electron chi connectivity index (χ3n) is 4.71. The maximum atomic E-state index is 13.8. The van der Waals surface area contributed by atoms with Crippen molar-refractivity contribution in [2.75, 3.05) is 41.3 Å². The first-order valence-corrected chi connectivity index (χ1v) is 9.13. The van der Waals surface area contributed by atoms with Gasteiger partial charge in [0.25, 0.3) is 5.91 Å². The van der Waals surface area contributed by atoms with E-state index in [-0.39, 0.29) is 11.6 Å². The second-order valence-corrected chi connectivity index (χ2v) is 6.50. The third-order valence-corrected chi connectivity index (χ3v) is 4.71. The van der Waals surface area contributed by atoms with Gasteiger partial charge in [0.15, 0.2) is 0 Å². The lowest BCUT2D eigenvalue weighted by Gasteiger charge is -2.36. The van der Waals surface area contributed by atoms with Gasteiger partial charge in [-0.1, -0.05) is 18.2 Å². The fourth-order valence-electron chi connectivity index (χ4n) is 3.20. The van der Waals surface area contributed by atoms with E-state index >= 15 is 0 Å². The highest BCUT2D eigenvalue weighted by Gasteiger charge is 2.20. The minimum Gasteiger partial charge on any atom is -0.353 e. The number of rotatable bonds is 4. The number of anilines is 3. The van der Waals surface area contributed by atoms with Gasteiger partial charge >= 0.3 is 0 Å². The average Bonchev–Trinajstić information content (AvgIpc) is 2.76. The van der Waals surface area contributed by atoms with E-state index in [9.17, 15) is 9.18 Å². The van der Waals surface area contributed by atoms with Gasteiger partial charge in [-0.15, -0.1) is 0 Å². The van der Waals surface area contributed by atoms with E-state index in [1.165, 1.54) is 12.1 Å². The van der Waals surface area contributed by atoms with Crippen LogP contribution in [0.4, 0.5) is 21.7 Å². The van der Waals surface area contributed by atoms with Crippen molar-refractivity contribution in [3.05, 3.63) is 78.4 Å². The number of benzene rings is 1. The van der Waals surface area contributed by atoms with Gasteiger partial charge in [0.2, 0.25) is 0 Å². The van der Waals surface area contributed by atoms with Crippen LogP contribution in [-0.2, 0) is 0 Å². The highest BCUT2D eigenvalue weighted by molar-refractivity contribution is 6.04. The Morgan fingerprint density at radius 2 is 1.54 bits per heavy atom. The van der Waals surface area contributed by atoms with Crippen LogP contribution in [0.2, 0.25) is 0 Å². The summed E-state index contributed by atoms with van der Waals surface area (Å²) >= 11 is 0. The van der Waals surface area contributed by atoms with Gasteiger partial charge in [-0.2, -0.15) is 0 Å². The molecule has 1 aliphatic heterocycles. The van der Waals surface area contributed by atoms with Crippen LogP contribution < -0.4 is 15.1 Å². The second-order valence-electron chi connectivity index (χ2n) is 6.50. The molecule has 0 aliphatic carbocycles. The van der Waals surface area contributed by atoms with E-state index in [2.05, 4.69) is 25.1 Å². The van der Waals surface area contributed by atoms with Crippen molar-refractivity contribution in [3.63, 3.8) is 0 Å². The first kappa shape index (κ1) is 17.9. The predicted octanol–water partition coefficient (Wildman–Crippen LogP) is 3.19. The quantitative estimate of drug-likeness (QED) is 0.757. The molecule has 0 unspecified atom stereocenters. The minimum atomic E-state index is -0.462. The summed E-state index contributed by atoms with van der Waals surface area (Å²) in [5.74, 6) is 0.881. The Hall–Kier alpha value is -3.48. The topological polar surface area (TPSA) is 61.4 Å². The number of carbonyl (C=O) groups is 1. The van der Waals surface area contributed by atoms with Crippen molar-refractivity contribution >= 4 is 23.2 Å². The molecule has 1 aliphatic rings. The Morgan fingerprint density at radius 1 is 0.857 bits per heavy atom. The SMILES string of the molecule is O=C(Nc1ccccc1F)c1ccnc(N2CCN(c3ccccn3)CC2)c1. The van der Waals surface area contributed by atoms with Crippen molar-refractivity contribution in [1.82, 2.24) is 9.97 Å². The molecular weight excluding hydrogens is 357 g/mol. The van der Waals surface area contributed by atoms with E-state index in [0.29, 0.717) is 5.56 Å².